The number of ether oxygens (including phenoxy) is 1. The number of rotatable bonds is 6. The fourth-order valence-electron chi connectivity index (χ4n) is 2.29. The van der Waals surface area contributed by atoms with E-state index in [1.807, 2.05) is 25.9 Å². The zero-order chi connectivity index (χ0) is 12.7. The highest BCUT2D eigenvalue weighted by Crippen LogP contribution is 2.18. The van der Waals surface area contributed by atoms with Crippen LogP contribution >= 0.6 is 12.4 Å². The van der Waals surface area contributed by atoms with E-state index in [0.717, 1.165) is 51.5 Å². The van der Waals surface area contributed by atoms with E-state index in [2.05, 4.69) is 5.32 Å². The van der Waals surface area contributed by atoms with Crippen LogP contribution < -0.4 is 5.32 Å². The summed E-state index contributed by atoms with van der Waals surface area (Å²) in [6.45, 7) is 5.37. The summed E-state index contributed by atoms with van der Waals surface area (Å²) < 4.78 is 5.34. The van der Waals surface area contributed by atoms with Crippen LogP contribution in [0.1, 0.15) is 26.2 Å². The summed E-state index contributed by atoms with van der Waals surface area (Å²) in [7, 11) is 3.79. The molecule has 4 nitrogen and oxygen atoms in total. The average Bonchev–Trinajstić information content (AvgIpc) is 2.36. The molecule has 1 aliphatic heterocycles. The second kappa shape index (κ2) is 9.59. The van der Waals surface area contributed by atoms with E-state index in [4.69, 9.17) is 4.74 Å². The van der Waals surface area contributed by atoms with Gasteiger partial charge in [-0.15, -0.1) is 12.4 Å². The molecule has 0 aromatic rings. The molecule has 1 unspecified atom stereocenters. The first-order valence-electron chi connectivity index (χ1n) is 6.62. The van der Waals surface area contributed by atoms with E-state index < -0.39 is 0 Å². The van der Waals surface area contributed by atoms with Crippen LogP contribution in [-0.2, 0) is 9.53 Å². The lowest BCUT2D eigenvalue weighted by Crippen LogP contribution is -2.37. The minimum Gasteiger partial charge on any atom is -0.381 e. The molecular formula is C13H27ClN2O2. The van der Waals surface area contributed by atoms with E-state index in [1.54, 1.807) is 0 Å². The second-order valence-corrected chi connectivity index (χ2v) is 5.06. The quantitative estimate of drug-likeness (QED) is 0.801. The van der Waals surface area contributed by atoms with Gasteiger partial charge < -0.3 is 15.0 Å². The normalized spacial score (nSPS) is 17.9. The van der Waals surface area contributed by atoms with E-state index in [1.165, 1.54) is 0 Å². The molecule has 1 amide bonds. The van der Waals surface area contributed by atoms with Crippen molar-refractivity contribution in [3.63, 3.8) is 0 Å². The van der Waals surface area contributed by atoms with Gasteiger partial charge in [-0.3, -0.25) is 4.79 Å². The van der Waals surface area contributed by atoms with Gasteiger partial charge in [0.2, 0.25) is 5.91 Å². The summed E-state index contributed by atoms with van der Waals surface area (Å²) >= 11 is 0. The summed E-state index contributed by atoms with van der Waals surface area (Å²) in [6, 6.07) is 0. The van der Waals surface area contributed by atoms with E-state index in [0.29, 0.717) is 0 Å². The van der Waals surface area contributed by atoms with Crippen molar-refractivity contribution in [2.75, 3.05) is 40.4 Å². The lowest BCUT2D eigenvalue weighted by molar-refractivity contribution is -0.133. The van der Waals surface area contributed by atoms with Gasteiger partial charge in [-0.2, -0.15) is 0 Å². The Morgan fingerprint density at radius 3 is 2.61 bits per heavy atom. The maximum absolute atomic E-state index is 12.0. The van der Waals surface area contributed by atoms with Gasteiger partial charge in [0.05, 0.1) is 0 Å². The van der Waals surface area contributed by atoms with Crippen molar-refractivity contribution in [3.8, 4) is 0 Å². The minimum atomic E-state index is 0. The molecule has 1 heterocycles. The van der Waals surface area contributed by atoms with Gasteiger partial charge in [0.25, 0.3) is 0 Å². The second-order valence-electron chi connectivity index (χ2n) is 5.06. The Morgan fingerprint density at radius 1 is 1.44 bits per heavy atom. The smallest absolute Gasteiger partial charge is 0.226 e. The van der Waals surface area contributed by atoms with Crippen LogP contribution in [-0.4, -0.2) is 51.2 Å². The predicted molar refractivity (Wildman–Crippen MR) is 76.1 cm³/mol. The van der Waals surface area contributed by atoms with E-state index >= 15 is 0 Å². The molecule has 0 aliphatic carbocycles. The van der Waals surface area contributed by atoms with Gasteiger partial charge >= 0.3 is 0 Å². The minimum absolute atomic E-state index is 0. The highest BCUT2D eigenvalue weighted by Gasteiger charge is 2.19. The Hall–Kier alpha value is -0.320. The Labute approximate surface area is 117 Å². The molecular weight excluding hydrogens is 252 g/mol. The van der Waals surface area contributed by atoms with Crippen molar-refractivity contribution in [2.24, 2.45) is 11.8 Å². The van der Waals surface area contributed by atoms with Crippen molar-refractivity contribution in [2.45, 2.75) is 26.2 Å². The molecule has 1 fully saturated rings. The fraction of sp³-hybridized carbons (Fsp3) is 0.923. The monoisotopic (exact) mass is 278 g/mol. The molecule has 0 saturated carbocycles. The maximum Gasteiger partial charge on any atom is 0.226 e. The van der Waals surface area contributed by atoms with Gasteiger partial charge in [0, 0.05) is 39.3 Å². The van der Waals surface area contributed by atoms with Gasteiger partial charge in [-0.1, -0.05) is 6.92 Å². The number of hydrogen-bond acceptors (Lipinski definition) is 3. The van der Waals surface area contributed by atoms with Crippen LogP contribution in [0.4, 0.5) is 0 Å². The molecule has 1 aliphatic rings. The molecule has 18 heavy (non-hydrogen) atoms. The molecule has 1 saturated heterocycles. The van der Waals surface area contributed by atoms with Crippen LogP contribution in [0, 0.1) is 11.8 Å². The molecule has 1 rings (SSSR count). The molecule has 1 atom stereocenters. The van der Waals surface area contributed by atoms with Crippen molar-refractivity contribution in [1.29, 1.82) is 0 Å². The van der Waals surface area contributed by atoms with Gasteiger partial charge in [-0.25, -0.2) is 0 Å². The van der Waals surface area contributed by atoms with Crippen LogP contribution in [0.2, 0.25) is 0 Å². The third-order valence-electron chi connectivity index (χ3n) is 3.52. The molecule has 0 radical (unpaired) electrons. The predicted octanol–water partition coefficient (Wildman–Crippen LogP) is 1.54. The SMILES string of the molecule is CNCC(C)C(=O)N(C)CCC1CCOCC1.Cl. The summed E-state index contributed by atoms with van der Waals surface area (Å²) in [4.78, 5) is 13.8. The topological polar surface area (TPSA) is 41.6 Å². The number of carbonyl (C=O) groups is 1. The first-order valence-corrected chi connectivity index (χ1v) is 6.62. The number of nitrogens with zero attached hydrogens (tertiary/aromatic N) is 1. The largest absolute Gasteiger partial charge is 0.381 e. The van der Waals surface area contributed by atoms with Crippen LogP contribution in [0.25, 0.3) is 0 Å². The highest BCUT2D eigenvalue weighted by molar-refractivity contribution is 5.85. The summed E-state index contributed by atoms with van der Waals surface area (Å²) in [5.41, 5.74) is 0. The Kier molecular flexibility index (Phi) is 9.42. The molecule has 0 aromatic heterocycles. The van der Waals surface area contributed by atoms with Crippen LogP contribution in [0.15, 0.2) is 0 Å². The Balaban J connectivity index is 0.00000289. The molecule has 0 spiro atoms. The molecule has 1 N–H and O–H groups in total. The van der Waals surface area contributed by atoms with E-state index in [-0.39, 0.29) is 24.2 Å². The standard InChI is InChI=1S/C13H26N2O2.ClH/c1-11(10-14-2)13(16)15(3)7-4-12-5-8-17-9-6-12;/h11-12,14H,4-10H2,1-3H3;1H. The van der Waals surface area contributed by atoms with Crippen LogP contribution in [0.5, 0.6) is 0 Å². The maximum atomic E-state index is 12.0. The summed E-state index contributed by atoms with van der Waals surface area (Å²) in [5, 5.41) is 3.04. The third kappa shape index (κ3) is 6.03. The van der Waals surface area contributed by atoms with Gasteiger partial charge in [0.1, 0.15) is 0 Å². The molecule has 0 aromatic carbocycles. The van der Waals surface area contributed by atoms with Crippen molar-refractivity contribution >= 4 is 18.3 Å². The van der Waals surface area contributed by atoms with E-state index in [9.17, 15) is 4.79 Å². The number of amides is 1. The summed E-state index contributed by atoms with van der Waals surface area (Å²) in [6.07, 6.45) is 3.40. The van der Waals surface area contributed by atoms with Gasteiger partial charge in [-0.05, 0) is 32.2 Å². The number of hydrogen-bond donors (Lipinski definition) is 1. The lowest BCUT2D eigenvalue weighted by Gasteiger charge is -2.26. The first-order chi connectivity index (χ1) is 8.15. The molecule has 5 heteroatoms. The number of carbonyl (C=O) groups excluding carboxylic acids is 1. The Morgan fingerprint density at radius 2 is 2.06 bits per heavy atom. The molecule has 108 valence electrons. The highest BCUT2D eigenvalue weighted by atomic mass is 35.5. The summed E-state index contributed by atoms with van der Waals surface area (Å²) in [5.74, 6) is 1.05. The zero-order valence-electron chi connectivity index (χ0n) is 11.8. The van der Waals surface area contributed by atoms with Gasteiger partial charge in [0.15, 0.2) is 0 Å². The Bertz CT molecular complexity index is 233. The third-order valence-corrected chi connectivity index (χ3v) is 3.52. The first kappa shape index (κ1) is 17.7. The van der Waals surface area contributed by atoms with Crippen molar-refractivity contribution in [1.82, 2.24) is 10.2 Å². The van der Waals surface area contributed by atoms with Crippen molar-refractivity contribution in [3.05, 3.63) is 0 Å². The zero-order valence-corrected chi connectivity index (χ0v) is 12.6. The van der Waals surface area contributed by atoms with Crippen LogP contribution in [0.3, 0.4) is 0 Å². The molecule has 0 bridgehead atoms. The number of halogens is 1. The average molecular weight is 279 g/mol. The lowest BCUT2D eigenvalue weighted by atomic mass is 9.96. The van der Waals surface area contributed by atoms with Crippen molar-refractivity contribution < 1.29 is 9.53 Å². The fourth-order valence-corrected chi connectivity index (χ4v) is 2.29. The number of nitrogens with one attached hydrogen (secondary N) is 1.